The third kappa shape index (κ3) is 7.48. The molecule has 0 saturated carbocycles. The molecule has 0 saturated heterocycles. The first-order valence-electron chi connectivity index (χ1n) is 17.4. The van der Waals surface area contributed by atoms with E-state index in [9.17, 15) is 0 Å². The van der Waals surface area contributed by atoms with Crippen molar-refractivity contribution in [2.24, 2.45) is 7.05 Å². The van der Waals surface area contributed by atoms with Gasteiger partial charge >= 0.3 is 0 Å². The Kier molecular flexibility index (Phi) is 10.2. The number of likely N-dealkylation sites (N-methyl/N-ethyl adjacent to an activating group) is 1. The number of fused-ring (bicyclic) bond motifs is 2. The second-order valence-corrected chi connectivity index (χ2v) is 13.8. The fourth-order valence-electron chi connectivity index (χ4n) is 7.75. The summed E-state index contributed by atoms with van der Waals surface area (Å²) < 4.78 is 36.4. The van der Waals surface area contributed by atoms with Gasteiger partial charge < -0.3 is 4.90 Å². The van der Waals surface area contributed by atoms with E-state index < -0.39 is 10.2 Å². The van der Waals surface area contributed by atoms with Crippen LogP contribution in [0.15, 0.2) is 169 Å². The summed E-state index contributed by atoms with van der Waals surface area (Å²) in [6.45, 7) is 0. The molecule has 8 rings (SSSR count). The standard InChI is InChI=1S/C45H39N2.ClHO4/c1-46-42(34-20-11-5-12-21-34)30-40(32-16-7-3-8-17-32)38-28-26-36(44(38)46)24-15-25-37-27-29-39-41(33-18-9-4-10-19-33)31-43(47(2)45(37)39)35-22-13-6-14-23-35;2-1(3,4)5/h3-25,30-31H,26-29H2,1-2H3;(H,2,3,4,5)/q+1;/p-1. The SMILES string of the molecule is CN1C(c2ccccc2)=CC(c2ccccc2)=C2CCC(/C=C/C=C3\CCc4c(-c5ccccc5)cc(-c5ccccc5)[n+](C)c43)=C21.[O-][Cl+3]([O-])([O-])[O-]. The summed E-state index contributed by atoms with van der Waals surface area (Å²) >= 11 is 0. The summed E-state index contributed by atoms with van der Waals surface area (Å²) in [4.78, 5) is 2.42. The molecule has 0 fully saturated rings. The van der Waals surface area contributed by atoms with Crippen LogP contribution in [0.1, 0.15) is 41.6 Å². The summed E-state index contributed by atoms with van der Waals surface area (Å²) in [5.41, 5.74) is 18.6. The maximum absolute atomic E-state index is 8.49. The highest BCUT2D eigenvalue weighted by molar-refractivity contribution is 5.91. The lowest BCUT2D eigenvalue weighted by molar-refractivity contribution is -2.00. The van der Waals surface area contributed by atoms with Crippen LogP contribution < -0.4 is 23.2 Å². The van der Waals surface area contributed by atoms with Crippen LogP contribution >= 0.6 is 0 Å². The van der Waals surface area contributed by atoms with Crippen LogP contribution in [0.4, 0.5) is 0 Å². The van der Waals surface area contributed by atoms with Crippen LogP contribution in [0, 0.1) is 10.2 Å². The smallest absolute Gasteiger partial charge is 0.213 e. The van der Waals surface area contributed by atoms with Crippen molar-refractivity contribution in [1.29, 1.82) is 0 Å². The maximum Gasteiger partial charge on any atom is 0.213 e. The molecule has 7 heteroatoms. The Bertz CT molecular complexity index is 2230. The van der Waals surface area contributed by atoms with Crippen molar-refractivity contribution < 1.29 is 33.4 Å². The average molecular weight is 707 g/mol. The third-order valence-corrected chi connectivity index (χ3v) is 9.98. The van der Waals surface area contributed by atoms with E-state index in [0.29, 0.717) is 0 Å². The van der Waals surface area contributed by atoms with E-state index in [0.717, 1.165) is 25.7 Å². The molecule has 1 aliphatic heterocycles. The van der Waals surface area contributed by atoms with E-state index >= 15 is 0 Å². The molecule has 5 aromatic rings. The van der Waals surface area contributed by atoms with Gasteiger partial charge in [0.15, 0.2) is 0 Å². The van der Waals surface area contributed by atoms with Crippen molar-refractivity contribution in [1.82, 2.24) is 4.90 Å². The lowest BCUT2D eigenvalue weighted by Crippen LogP contribution is -2.68. The largest absolute Gasteiger partial charge is 0.344 e. The van der Waals surface area contributed by atoms with Gasteiger partial charge in [-0.3, -0.25) is 0 Å². The van der Waals surface area contributed by atoms with Crippen molar-refractivity contribution in [3.63, 3.8) is 0 Å². The Morgan fingerprint density at radius 1 is 0.654 bits per heavy atom. The molecule has 0 bridgehead atoms. The Labute approximate surface area is 307 Å². The molecule has 52 heavy (non-hydrogen) atoms. The van der Waals surface area contributed by atoms with Crippen LogP contribution in [-0.4, -0.2) is 11.9 Å². The van der Waals surface area contributed by atoms with Crippen LogP contribution in [0.25, 0.3) is 39.2 Å². The Hall–Kier alpha value is -5.34. The number of hydrogen-bond acceptors (Lipinski definition) is 5. The topological polar surface area (TPSA) is 99.4 Å². The number of nitrogens with zero attached hydrogens (tertiary/aromatic N) is 2. The molecular weight excluding hydrogens is 668 g/mol. The van der Waals surface area contributed by atoms with Gasteiger partial charge in [-0.15, -0.1) is 10.2 Å². The number of benzene rings is 4. The molecule has 2 aliphatic carbocycles. The summed E-state index contributed by atoms with van der Waals surface area (Å²) in [7, 11) is -0.478. The number of hydrogen-bond donors (Lipinski definition) is 0. The Balaban J connectivity index is 0.000000789. The highest BCUT2D eigenvalue weighted by atomic mass is 35.7. The van der Waals surface area contributed by atoms with E-state index in [1.807, 2.05) is 0 Å². The molecule has 0 amide bonds. The first-order valence-corrected chi connectivity index (χ1v) is 18.6. The van der Waals surface area contributed by atoms with Crippen molar-refractivity contribution in [2.75, 3.05) is 7.05 Å². The van der Waals surface area contributed by atoms with Crippen LogP contribution in [-0.2, 0) is 13.5 Å². The van der Waals surface area contributed by atoms with Gasteiger partial charge in [-0.05, 0) is 82.9 Å². The van der Waals surface area contributed by atoms with Gasteiger partial charge in [0, 0.05) is 41.2 Å². The van der Waals surface area contributed by atoms with Gasteiger partial charge in [0.05, 0.1) is 0 Å². The van der Waals surface area contributed by atoms with Crippen molar-refractivity contribution in [2.45, 2.75) is 25.7 Å². The zero-order valence-electron chi connectivity index (χ0n) is 29.2. The molecule has 0 atom stereocenters. The minimum absolute atomic E-state index is 1.04. The Morgan fingerprint density at radius 3 is 1.79 bits per heavy atom. The van der Waals surface area contributed by atoms with Gasteiger partial charge in [-0.1, -0.05) is 127 Å². The molecule has 260 valence electrons. The number of aromatic nitrogens is 1. The second-order valence-electron chi connectivity index (χ2n) is 13.1. The summed E-state index contributed by atoms with van der Waals surface area (Å²) in [5.74, 6) is 0. The predicted molar refractivity (Wildman–Crippen MR) is 196 cm³/mol. The van der Waals surface area contributed by atoms with Crippen LogP contribution in [0.5, 0.6) is 0 Å². The van der Waals surface area contributed by atoms with Gasteiger partial charge in [-0.25, -0.2) is 18.6 Å². The van der Waals surface area contributed by atoms with Crippen molar-refractivity contribution >= 4 is 16.8 Å². The van der Waals surface area contributed by atoms with E-state index in [-0.39, 0.29) is 0 Å². The van der Waals surface area contributed by atoms with Crippen molar-refractivity contribution in [3.8, 4) is 22.4 Å². The number of rotatable bonds is 6. The van der Waals surface area contributed by atoms with Gasteiger partial charge in [-0.2, -0.15) is 4.57 Å². The molecule has 1 aromatic heterocycles. The highest BCUT2D eigenvalue weighted by Gasteiger charge is 2.32. The summed E-state index contributed by atoms with van der Waals surface area (Å²) in [5, 5.41) is 0. The first-order chi connectivity index (χ1) is 25.2. The minimum Gasteiger partial charge on any atom is -0.344 e. The number of pyridine rings is 1. The molecular formula is C45H39ClN2O4. The second kappa shape index (κ2) is 15.1. The fraction of sp³-hybridized carbons (Fsp3) is 0.133. The molecule has 2 heterocycles. The molecule has 3 aliphatic rings. The minimum atomic E-state index is -4.94. The third-order valence-electron chi connectivity index (χ3n) is 9.98. The summed E-state index contributed by atoms with van der Waals surface area (Å²) in [6.07, 6.45) is 13.6. The van der Waals surface area contributed by atoms with E-state index in [1.54, 1.807) is 0 Å². The van der Waals surface area contributed by atoms with E-state index in [4.69, 9.17) is 18.6 Å². The van der Waals surface area contributed by atoms with E-state index in [1.165, 1.54) is 78.5 Å². The number of halogens is 1. The lowest BCUT2D eigenvalue weighted by atomic mass is 9.91. The zero-order chi connectivity index (χ0) is 36.2. The van der Waals surface area contributed by atoms with Gasteiger partial charge in [0.1, 0.15) is 7.05 Å². The van der Waals surface area contributed by atoms with Crippen LogP contribution in [0.2, 0.25) is 0 Å². The Morgan fingerprint density at radius 2 is 1.19 bits per heavy atom. The fourth-order valence-corrected chi connectivity index (χ4v) is 7.75. The quantitative estimate of drug-likeness (QED) is 0.219. The van der Waals surface area contributed by atoms with Crippen LogP contribution in [0.3, 0.4) is 0 Å². The van der Waals surface area contributed by atoms with Crippen molar-refractivity contribution in [3.05, 3.63) is 191 Å². The molecule has 0 N–H and O–H groups in total. The zero-order valence-corrected chi connectivity index (χ0v) is 29.9. The summed E-state index contributed by atoms with van der Waals surface area (Å²) in [6, 6.07) is 45.7. The highest BCUT2D eigenvalue weighted by Crippen LogP contribution is 2.46. The number of allylic oxidation sites excluding steroid dienone is 8. The normalized spacial score (nSPS) is 16.2. The molecule has 0 radical (unpaired) electrons. The molecule has 0 spiro atoms. The average Bonchev–Trinajstić information content (AvgIpc) is 3.79. The van der Waals surface area contributed by atoms with E-state index in [2.05, 4.69) is 175 Å². The molecule has 0 unspecified atom stereocenters. The monoisotopic (exact) mass is 706 g/mol. The lowest BCUT2D eigenvalue weighted by Gasteiger charge is -2.32. The first kappa shape index (κ1) is 35.1. The predicted octanol–water partition coefficient (Wildman–Crippen LogP) is 5.46. The van der Waals surface area contributed by atoms with Gasteiger partial charge in [0.2, 0.25) is 11.4 Å². The van der Waals surface area contributed by atoms with Gasteiger partial charge in [0.25, 0.3) is 0 Å². The molecule has 6 nitrogen and oxygen atoms in total. The molecule has 4 aromatic carbocycles. The maximum atomic E-state index is 8.49.